The van der Waals surface area contributed by atoms with Gasteiger partial charge in [0.25, 0.3) is 5.91 Å². The summed E-state index contributed by atoms with van der Waals surface area (Å²) < 4.78 is 18.4. The zero-order chi connectivity index (χ0) is 20.6. The summed E-state index contributed by atoms with van der Waals surface area (Å²) in [6, 6.07) is 11.6. The number of hydrogen-bond donors (Lipinski definition) is 1. The summed E-state index contributed by atoms with van der Waals surface area (Å²) in [4.78, 5) is 31.1. The van der Waals surface area contributed by atoms with E-state index in [1.54, 1.807) is 63.4 Å². The van der Waals surface area contributed by atoms with Crippen LogP contribution < -0.4 is 10.5 Å². The van der Waals surface area contributed by atoms with Gasteiger partial charge in [0.05, 0.1) is 0 Å². The van der Waals surface area contributed by atoms with Gasteiger partial charge < -0.3 is 15.4 Å². The number of hydrogen-bond acceptors (Lipinski definition) is 4. The fraction of sp³-hybridized carbons (Fsp3) is 0.286. The maximum atomic E-state index is 13.3. The summed E-state index contributed by atoms with van der Waals surface area (Å²) in [6.07, 6.45) is -1.45. The van der Waals surface area contributed by atoms with Crippen LogP contribution in [0.5, 0.6) is 5.75 Å². The number of carbonyl (C=O) groups is 2. The Kier molecular flexibility index (Phi) is 4.93. The standard InChI is InChI=1S/C21H22FN3O3/c1-12-10-17(8-9-18(12)28-13(2)22)21(20(27)25(4)14(3)24-21)16-7-5-6-15(11-16)19(23)26/h5-11,13H,1-4H3,(H2,23,26). The van der Waals surface area contributed by atoms with E-state index in [1.807, 2.05) is 0 Å². The van der Waals surface area contributed by atoms with Crippen LogP contribution in [-0.2, 0) is 10.3 Å². The first-order chi connectivity index (χ1) is 13.2. The number of amides is 2. The van der Waals surface area contributed by atoms with E-state index >= 15 is 0 Å². The first-order valence-electron chi connectivity index (χ1n) is 8.83. The second-order valence-electron chi connectivity index (χ2n) is 6.82. The van der Waals surface area contributed by atoms with Gasteiger partial charge in [0.2, 0.25) is 12.3 Å². The number of nitrogens with zero attached hydrogens (tertiary/aromatic N) is 2. The third-order valence-electron chi connectivity index (χ3n) is 4.88. The van der Waals surface area contributed by atoms with Crippen molar-refractivity contribution < 1.29 is 18.7 Å². The van der Waals surface area contributed by atoms with E-state index in [0.717, 1.165) is 0 Å². The van der Waals surface area contributed by atoms with Crippen molar-refractivity contribution in [1.29, 1.82) is 0 Å². The quantitative estimate of drug-likeness (QED) is 0.861. The predicted molar refractivity (Wildman–Crippen MR) is 104 cm³/mol. The van der Waals surface area contributed by atoms with Crippen LogP contribution >= 0.6 is 0 Å². The van der Waals surface area contributed by atoms with Crippen molar-refractivity contribution in [2.75, 3.05) is 7.05 Å². The Labute approximate surface area is 162 Å². The third-order valence-corrected chi connectivity index (χ3v) is 4.88. The molecule has 1 heterocycles. The highest BCUT2D eigenvalue weighted by Crippen LogP contribution is 2.41. The molecule has 2 N–H and O–H groups in total. The first-order valence-corrected chi connectivity index (χ1v) is 8.83. The summed E-state index contributed by atoms with van der Waals surface area (Å²) in [5, 5.41) is 0. The second kappa shape index (κ2) is 7.07. The molecule has 1 aliphatic rings. The summed E-state index contributed by atoms with van der Waals surface area (Å²) >= 11 is 0. The molecule has 7 heteroatoms. The number of primary amides is 1. The summed E-state index contributed by atoms with van der Waals surface area (Å²) in [5.41, 5.74) is 6.15. The molecule has 6 nitrogen and oxygen atoms in total. The fourth-order valence-electron chi connectivity index (χ4n) is 3.38. The normalized spacial score (nSPS) is 20.1. The van der Waals surface area contributed by atoms with E-state index in [1.165, 1.54) is 11.8 Å². The molecule has 146 valence electrons. The molecule has 0 fully saturated rings. The average molecular weight is 383 g/mol. The van der Waals surface area contributed by atoms with E-state index < -0.39 is 17.8 Å². The number of ether oxygens (including phenoxy) is 1. The largest absolute Gasteiger partial charge is 0.460 e. The zero-order valence-corrected chi connectivity index (χ0v) is 16.2. The molecule has 2 unspecified atom stereocenters. The molecular weight excluding hydrogens is 361 g/mol. The Hall–Kier alpha value is -3.22. The molecule has 0 saturated heterocycles. The van der Waals surface area contributed by atoms with Crippen molar-refractivity contribution in [1.82, 2.24) is 4.90 Å². The molecular formula is C21H22FN3O3. The van der Waals surface area contributed by atoms with Crippen LogP contribution in [0.25, 0.3) is 0 Å². The topological polar surface area (TPSA) is 85.0 Å². The highest BCUT2D eigenvalue weighted by Gasteiger charge is 2.49. The number of rotatable bonds is 5. The minimum absolute atomic E-state index is 0.251. The number of nitrogens with two attached hydrogens (primary N) is 1. The van der Waals surface area contributed by atoms with Crippen molar-refractivity contribution >= 4 is 17.6 Å². The molecule has 0 saturated carbocycles. The highest BCUT2D eigenvalue weighted by molar-refractivity contribution is 6.09. The van der Waals surface area contributed by atoms with Crippen molar-refractivity contribution in [3.8, 4) is 5.75 Å². The Balaban J connectivity index is 2.23. The molecule has 28 heavy (non-hydrogen) atoms. The lowest BCUT2D eigenvalue weighted by molar-refractivity contribution is -0.129. The summed E-state index contributed by atoms with van der Waals surface area (Å²) in [5.74, 6) is 0.0936. The molecule has 0 bridgehead atoms. The lowest BCUT2D eigenvalue weighted by Crippen LogP contribution is -2.39. The van der Waals surface area contributed by atoms with Gasteiger partial charge in [-0.1, -0.05) is 18.2 Å². The Morgan fingerprint density at radius 1 is 1.21 bits per heavy atom. The maximum absolute atomic E-state index is 13.3. The van der Waals surface area contributed by atoms with Crippen molar-refractivity contribution in [3.05, 3.63) is 64.7 Å². The molecule has 0 aromatic heterocycles. The van der Waals surface area contributed by atoms with Crippen LogP contribution in [0, 0.1) is 6.92 Å². The number of aryl methyl sites for hydroxylation is 1. The lowest BCUT2D eigenvalue weighted by atomic mass is 9.81. The number of aliphatic imine (C=N–C) groups is 1. The van der Waals surface area contributed by atoms with Crippen LogP contribution in [0.1, 0.15) is 40.9 Å². The molecule has 0 radical (unpaired) electrons. The van der Waals surface area contributed by atoms with E-state index in [2.05, 4.69) is 4.99 Å². The third kappa shape index (κ3) is 3.13. The minimum Gasteiger partial charge on any atom is -0.460 e. The monoisotopic (exact) mass is 383 g/mol. The van der Waals surface area contributed by atoms with E-state index in [0.29, 0.717) is 28.3 Å². The van der Waals surface area contributed by atoms with Crippen LogP contribution in [0.3, 0.4) is 0 Å². The lowest BCUT2D eigenvalue weighted by Gasteiger charge is -2.27. The molecule has 3 rings (SSSR count). The van der Waals surface area contributed by atoms with Crippen LogP contribution in [0.2, 0.25) is 0 Å². The van der Waals surface area contributed by atoms with Crippen molar-refractivity contribution in [3.63, 3.8) is 0 Å². The van der Waals surface area contributed by atoms with E-state index in [-0.39, 0.29) is 11.5 Å². The summed E-state index contributed by atoms with van der Waals surface area (Å²) in [7, 11) is 1.65. The Morgan fingerprint density at radius 2 is 1.89 bits per heavy atom. The van der Waals surface area contributed by atoms with E-state index in [9.17, 15) is 14.0 Å². The summed E-state index contributed by atoms with van der Waals surface area (Å²) in [6.45, 7) is 4.81. The van der Waals surface area contributed by atoms with E-state index in [4.69, 9.17) is 10.5 Å². The number of carbonyl (C=O) groups excluding carboxylic acids is 2. The predicted octanol–water partition coefficient (Wildman–Crippen LogP) is 2.92. The number of halogens is 1. The molecule has 0 aliphatic carbocycles. The molecule has 2 aromatic rings. The number of amidine groups is 1. The fourth-order valence-corrected chi connectivity index (χ4v) is 3.38. The Bertz CT molecular complexity index is 987. The van der Waals surface area contributed by atoms with Gasteiger partial charge in [-0.05, 0) is 54.8 Å². The highest BCUT2D eigenvalue weighted by atomic mass is 19.1. The van der Waals surface area contributed by atoms with Gasteiger partial charge in [-0.3, -0.25) is 9.59 Å². The van der Waals surface area contributed by atoms with Gasteiger partial charge in [0.1, 0.15) is 11.6 Å². The molecule has 2 aromatic carbocycles. The maximum Gasteiger partial charge on any atom is 0.264 e. The molecule has 2 amide bonds. The number of benzene rings is 2. The van der Waals surface area contributed by atoms with Gasteiger partial charge in [-0.2, -0.15) is 0 Å². The van der Waals surface area contributed by atoms with Crippen LogP contribution in [0.15, 0.2) is 47.5 Å². The molecule has 0 spiro atoms. The first kappa shape index (κ1) is 19.5. The number of alkyl halides is 1. The van der Waals surface area contributed by atoms with Gasteiger partial charge >= 0.3 is 0 Å². The smallest absolute Gasteiger partial charge is 0.264 e. The van der Waals surface area contributed by atoms with Crippen molar-refractivity contribution in [2.24, 2.45) is 10.7 Å². The molecule has 2 atom stereocenters. The van der Waals surface area contributed by atoms with Crippen molar-refractivity contribution in [2.45, 2.75) is 32.7 Å². The van der Waals surface area contributed by atoms with Crippen LogP contribution in [0.4, 0.5) is 4.39 Å². The van der Waals surface area contributed by atoms with Crippen LogP contribution in [-0.4, -0.2) is 36.0 Å². The molecule has 1 aliphatic heterocycles. The zero-order valence-electron chi connectivity index (χ0n) is 16.2. The van der Waals surface area contributed by atoms with Gasteiger partial charge in [-0.25, -0.2) is 9.38 Å². The number of likely N-dealkylation sites (N-methyl/N-ethyl adjacent to an activating group) is 1. The Morgan fingerprint density at radius 3 is 2.43 bits per heavy atom. The van der Waals surface area contributed by atoms with Gasteiger partial charge in [0, 0.05) is 19.5 Å². The SMILES string of the molecule is CC1=NC(c2cccc(C(N)=O)c2)(c2ccc(OC(C)F)c(C)c2)C(=O)N1C. The van der Waals surface area contributed by atoms with Gasteiger partial charge in [-0.15, -0.1) is 0 Å². The minimum atomic E-state index is -1.45. The second-order valence-corrected chi connectivity index (χ2v) is 6.82. The van der Waals surface area contributed by atoms with Gasteiger partial charge in [0.15, 0.2) is 5.54 Å². The average Bonchev–Trinajstić information content (AvgIpc) is 2.88.